The normalized spacial score (nSPS) is 11.4. The number of thiazole rings is 1. The van der Waals surface area contributed by atoms with Gasteiger partial charge in [-0.2, -0.15) is 0 Å². The predicted molar refractivity (Wildman–Crippen MR) is 119 cm³/mol. The van der Waals surface area contributed by atoms with Gasteiger partial charge in [-0.05, 0) is 61.0 Å². The molecular formula is C22H17BrN2O2S. The molecule has 0 bridgehead atoms. The van der Waals surface area contributed by atoms with E-state index >= 15 is 0 Å². The number of hydrogen-bond acceptors (Lipinski definition) is 5. The van der Waals surface area contributed by atoms with Crippen LogP contribution in [0.5, 0.6) is 11.5 Å². The summed E-state index contributed by atoms with van der Waals surface area (Å²) in [7, 11) is 1.52. The van der Waals surface area contributed by atoms with Gasteiger partial charge in [0.05, 0.1) is 23.0 Å². The number of methoxy groups -OCH3 is 1. The molecule has 28 heavy (non-hydrogen) atoms. The zero-order valence-corrected chi connectivity index (χ0v) is 17.7. The highest BCUT2D eigenvalue weighted by atomic mass is 79.9. The lowest BCUT2D eigenvalue weighted by Crippen LogP contribution is -1.89. The maximum absolute atomic E-state index is 10.2. The maximum atomic E-state index is 10.2. The molecule has 0 spiro atoms. The molecule has 0 aliphatic heterocycles. The third-order valence-corrected chi connectivity index (χ3v) is 5.83. The molecule has 0 aliphatic carbocycles. The molecule has 4 rings (SSSR count). The van der Waals surface area contributed by atoms with Crippen LogP contribution in [0.2, 0.25) is 0 Å². The predicted octanol–water partition coefficient (Wildman–Crippen LogP) is 6.50. The van der Waals surface area contributed by atoms with Gasteiger partial charge in [0.25, 0.3) is 0 Å². The van der Waals surface area contributed by atoms with Crippen LogP contribution in [-0.2, 0) is 0 Å². The Kier molecular flexibility index (Phi) is 5.15. The summed E-state index contributed by atoms with van der Waals surface area (Å²) < 4.78 is 7.17. The first kappa shape index (κ1) is 18.7. The monoisotopic (exact) mass is 452 g/mol. The van der Waals surface area contributed by atoms with Gasteiger partial charge >= 0.3 is 0 Å². The Bertz CT molecular complexity index is 1180. The van der Waals surface area contributed by atoms with Crippen LogP contribution in [0.3, 0.4) is 0 Å². The zero-order chi connectivity index (χ0) is 19.7. The summed E-state index contributed by atoms with van der Waals surface area (Å²) in [5.74, 6) is 0.466. The van der Waals surface area contributed by atoms with Gasteiger partial charge in [0.15, 0.2) is 11.5 Å². The quantitative estimate of drug-likeness (QED) is 0.359. The van der Waals surface area contributed by atoms with Crippen LogP contribution in [0.25, 0.3) is 20.8 Å². The van der Waals surface area contributed by atoms with E-state index in [9.17, 15) is 5.11 Å². The van der Waals surface area contributed by atoms with Gasteiger partial charge in [0.2, 0.25) is 0 Å². The van der Waals surface area contributed by atoms with E-state index < -0.39 is 0 Å². The van der Waals surface area contributed by atoms with E-state index in [1.165, 1.54) is 17.4 Å². The molecule has 0 aliphatic rings. The van der Waals surface area contributed by atoms with Crippen molar-refractivity contribution in [3.05, 3.63) is 70.2 Å². The molecule has 0 saturated heterocycles. The molecule has 0 radical (unpaired) electrons. The Morgan fingerprint density at radius 2 is 1.89 bits per heavy atom. The van der Waals surface area contributed by atoms with Crippen molar-refractivity contribution in [2.75, 3.05) is 7.11 Å². The van der Waals surface area contributed by atoms with Crippen molar-refractivity contribution in [2.24, 2.45) is 4.99 Å². The van der Waals surface area contributed by atoms with Crippen LogP contribution in [0, 0.1) is 6.92 Å². The Hall–Kier alpha value is -2.70. The van der Waals surface area contributed by atoms with Gasteiger partial charge in [0.1, 0.15) is 5.01 Å². The Labute approximate surface area is 175 Å². The average molecular weight is 453 g/mol. The summed E-state index contributed by atoms with van der Waals surface area (Å²) in [6, 6.07) is 17.7. The number of aromatic nitrogens is 1. The number of hydrogen-bond donors (Lipinski definition) is 1. The van der Waals surface area contributed by atoms with E-state index in [0.29, 0.717) is 11.3 Å². The first-order valence-corrected chi connectivity index (χ1v) is 10.2. The van der Waals surface area contributed by atoms with Crippen molar-refractivity contribution < 1.29 is 9.84 Å². The maximum Gasteiger partial charge on any atom is 0.166 e. The van der Waals surface area contributed by atoms with E-state index in [0.717, 1.165) is 26.2 Å². The number of aromatic hydroxyl groups is 1. The second-order valence-electron chi connectivity index (χ2n) is 6.34. The van der Waals surface area contributed by atoms with Crippen LogP contribution in [0.1, 0.15) is 11.1 Å². The molecule has 6 heteroatoms. The third kappa shape index (κ3) is 3.79. The Morgan fingerprint density at radius 3 is 2.64 bits per heavy atom. The fourth-order valence-corrected chi connectivity index (χ4v) is 4.36. The highest BCUT2D eigenvalue weighted by Gasteiger charge is 2.09. The minimum Gasteiger partial charge on any atom is -0.504 e. The minimum atomic E-state index is 0.0656. The molecule has 4 aromatic rings. The van der Waals surface area contributed by atoms with Crippen molar-refractivity contribution in [3.8, 4) is 22.1 Å². The lowest BCUT2D eigenvalue weighted by atomic mass is 10.2. The van der Waals surface area contributed by atoms with E-state index in [-0.39, 0.29) is 5.75 Å². The molecular weight excluding hydrogens is 436 g/mol. The van der Waals surface area contributed by atoms with Crippen LogP contribution in [-0.4, -0.2) is 23.4 Å². The van der Waals surface area contributed by atoms with Gasteiger partial charge in [-0.1, -0.05) is 22.0 Å². The number of rotatable bonds is 4. The molecule has 140 valence electrons. The van der Waals surface area contributed by atoms with Crippen LogP contribution in [0.15, 0.2) is 64.1 Å². The highest BCUT2D eigenvalue weighted by Crippen LogP contribution is 2.34. The van der Waals surface area contributed by atoms with Crippen molar-refractivity contribution in [1.82, 2.24) is 4.98 Å². The van der Waals surface area contributed by atoms with Crippen LogP contribution >= 0.6 is 27.3 Å². The fraction of sp³-hybridized carbons (Fsp3) is 0.0909. The molecule has 0 atom stereocenters. The fourth-order valence-electron chi connectivity index (χ4n) is 2.84. The number of phenols is 1. The Balaban J connectivity index is 1.59. The van der Waals surface area contributed by atoms with E-state index in [1.54, 1.807) is 29.7 Å². The summed E-state index contributed by atoms with van der Waals surface area (Å²) in [5.41, 5.74) is 4.69. The second kappa shape index (κ2) is 7.73. The van der Waals surface area contributed by atoms with E-state index in [4.69, 9.17) is 9.72 Å². The molecule has 0 saturated carbocycles. The first-order valence-electron chi connectivity index (χ1n) is 8.62. The minimum absolute atomic E-state index is 0.0656. The number of aliphatic imine (C=N–C) groups is 1. The number of benzene rings is 3. The molecule has 1 heterocycles. The molecule has 1 N–H and O–H groups in total. The molecule has 0 unspecified atom stereocenters. The first-order chi connectivity index (χ1) is 13.5. The Morgan fingerprint density at radius 1 is 1.11 bits per heavy atom. The van der Waals surface area contributed by atoms with Crippen molar-refractivity contribution in [3.63, 3.8) is 0 Å². The summed E-state index contributed by atoms with van der Waals surface area (Å²) in [5, 5.41) is 11.2. The zero-order valence-electron chi connectivity index (χ0n) is 15.3. The van der Waals surface area contributed by atoms with Gasteiger partial charge < -0.3 is 9.84 Å². The van der Waals surface area contributed by atoms with Crippen molar-refractivity contribution in [2.45, 2.75) is 6.92 Å². The number of nitrogens with zero attached hydrogens (tertiary/aromatic N) is 2. The van der Waals surface area contributed by atoms with Crippen molar-refractivity contribution in [1.29, 1.82) is 0 Å². The smallest absolute Gasteiger partial charge is 0.166 e. The molecule has 3 aromatic carbocycles. The summed E-state index contributed by atoms with van der Waals surface area (Å²) in [6.45, 7) is 2.09. The van der Waals surface area contributed by atoms with E-state index in [2.05, 4.69) is 46.0 Å². The number of phenolic OH excluding ortho intramolecular Hbond substituents is 1. The number of fused-ring (bicyclic) bond motifs is 1. The SMILES string of the molecule is COc1cc(Br)cc(C=Nc2ccc(-c3nc4ccc(C)cc4s3)cc2)c1O. The van der Waals surface area contributed by atoms with Gasteiger partial charge in [0, 0.05) is 21.8 Å². The van der Waals surface area contributed by atoms with Crippen LogP contribution in [0.4, 0.5) is 5.69 Å². The van der Waals surface area contributed by atoms with Crippen molar-refractivity contribution >= 4 is 49.4 Å². The molecule has 1 aromatic heterocycles. The lowest BCUT2D eigenvalue weighted by Gasteiger charge is -2.06. The topological polar surface area (TPSA) is 54.7 Å². The largest absolute Gasteiger partial charge is 0.504 e. The van der Waals surface area contributed by atoms with Gasteiger partial charge in [-0.3, -0.25) is 4.99 Å². The highest BCUT2D eigenvalue weighted by molar-refractivity contribution is 9.10. The van der Waals surface area contributed by atoms with Gasteiger partial charge in [-0.25, -0.2) is 4.98 Å². The summed E-state index contributed by atoms with van der Waals surface area (Å²) in [4.78, 5) is 9.18. The number of ether oxygens (including phenoxy) is 1. The van der Waals surface area contributed by atoms with E-state index in [1.807, 2.05) is 24.3 Å². The molecule has 4 nitrogen and oxygen atoms in total. The molecule has 0 fully saturated rings. The summed E-state index contributed by atoms with van der Waals surface area (Å²) in [6.07, 6.45) is 1.62. The third-order valence-electron chi connectivity index (χ3n) is 4.30. The van der Waals surface area contributed by atoms with Crippen LogP contribution < -0.4 is 4.74 Å². The second-order valence-corrected chi connectivity index (χ2v) is 8.29. The standard InChI is InChI=1S/C22H17BrN2O2S/c1-13-3-8-18-20(9-13)28-22(25-18)14-4-6-17(7-5-14)24-12-15-10-16(23)11-19(27-2)21(15)26/h3-12,26H,1-2H3. The summed E-state index contributed by atoms with van der Waals surface area (Å²) >= 11 is 5.10. The number of halogens is 1. The molecule has 0 amide bonds. The average Bonchev–Trinajstić information content (AvgIpc) is 3.11. The number of aryl methyl sites for hydroxylation is 1. The van der Waals surface area contributed by atoms with Gasteiger partial charge in [-0.15, -0.1) is 11.3 Å². The lowest BCUT2D eigenvalue weighted by molar-refractivity contribution is 0.373.